The first kappa shape index (κ1) is 15.0. The summed E-state index contributed by atoms with van der Waals surface area (Å²) in [6.07, 6.45) is 0.911. The Labute approximate surface area is 114 Å². The van der Waals surface area contributed by atoms with E-state index in [1.165, 1.54) is 5.56 Å². The summed E-state index contributed by atoms with van der Waals surface area (Å²) in [7, 11) is 5.53. The van der Waals surface area contributed by atoms with Crippen LogP contribution in [0, 0.1) is 0 Å². The minimum atomic E-state index is 0.125. The third-order valence-electron chi connectivity index (χ3n) is 3.08. The third kappa shape index (κ3) is 4.67. The second-order valence-electron chi connectivity index (χ2n) is 4.88. The predicted octanol–water partition coefficient (Wildman–Crippen LogP) is 2.29. The largest absolute Gasteiger partial charge is 0.348 e. The number of benzene rings is 1. The molecule has 0 saturated carbocycles. The molecule has 0 aliphatic carbocycles. The van der Waals surface area contributed by atoms with Crippen molar-refractivity contribution >= 4 is 17.5 Å². The van der Waals surface area contributed by atoms with Crippen LogP contribution in [0.2, 0.25) is 5.02 Å². The molecule has 1 atom stereocenters. The van der Waals surface area contributed by atoms with E-state index >= 15 is 0 Å². The fourth-order valence-electron chi connectivity index (χ4n) is 1.63. The lowest BCUT2D eigenvalue weighted by Gasteiger charge is -2.25. The summed E-state index contributed by atoms with van der Waals surface area (Å²) < 4.78 is 0. The number of hydrogen-bond donors (Lipinski definition) is 0. The Hall–Kier alpha value is -1.06. The number of rotatable bonds is 5. The Morgan fingerprint density at radius 1 is 1.22 bits per heavy atom. The molecule has 4 heteroatoms. The van der Waals surface area contributed by atoms with E-state index in [1.807, 2.05) is 31.3 Å². The minimum Gasteiger partial charge on any atom is -0.348 e. The molecule has 0 radical (unpaired) electrons. The molecule has 1 unspecified atom stereocenters. The van der Waals surface area contributed by atoms with Gasteiger partial charge in [0.2, 0.25) is 5.91 Å². The van der Waals surface area contributed by atoms with Gasteiger partial charge >= 0.3 is 0 Å². The Balaban J connectivity index is 2.51. The smallest absolute Gasteiger partial charge is 0.236 e. The van der Waals surface area contributed by atoms with E-state index in [2.05, 4.69) is 11.8 Å². The maximum absolute atomic E-state index is 11.6. The minimum absolute atomic E-state index is 0.125. The van der Waals surface area contributed by atoms with Crippen molar-refractivity contribution in [2.24, 2.45) is 0 Å². The molecule has 1 aromatic rings. The predicted molar refractivity (Wildman–Crippen MR) is 75.9 cm³/mol. The van der Waals surface area contributed by atoms with Crippen LogP contribution in [-0.4, -0.2) is 49.4 Å². The summed E-state index contributed by atoms with van der Waals surface area (Å²) in [6.45, 7) is 2.57. The number of carbonyl (C=O) groups is 1. The highest BCUT2D eigenvalue weighted by molar-refractivity contribution is 6.30. The summed E-state index contributed by atoms with van der Waals surface area (Å²) in [4.78, 5) is 15.3. The molecule has 1 rings (SSSR count). The second-order valence-corrected chi connectivity index (χ2v) is 5.32. The summed E-state index contributed by atoms with van der Waals surface area (Å²) in [5, 5.41) is 0.752. The Morgan fingerprint density at radius 2 is 1.78 bits per heavy atom. The molecular formula is C14H21ClN2O. The van der Waals surface area contributed by atoms with Gasteiger partial charge in [0.05, 0.1) is 6.54 Å². The number of nitrogens with zero attached hydrogens (tertiary/aromatic N) is 2. The van der Waals surface area contributed by atoms with Crippen LogP contribution < -0.4 is 0 Å². The van der Waals surface area contributed by atoms with Crippen LogP contribution in [0.4, 0.5) is 0 Å². The van der Waals surface area contributed by atoms with Gasteiger partial charge in [0.25, 0.3) is 0 Å². The molecule has 0 aromatic heterocycles. The summed E-state index contributed by atoms with van der Waals surface area (Å²) >= 11 is 5.85. The molecule has 18 heavy (non-hydrogen) atoms. The van der Waals surface area contributed by atoms with E-state index in [0.29, 0.717) is 12.6 Å². The van der Waals surface area contributed by atoms with E-state index in [1.54, 1.807) is 19.0 Å². The van der Waals surface area contributed by atoms with Gasteiger partial charge in [-0.2, -0.15) is 0 Å². The lowest BCUT2D eigenvalue weighted by molar-refractivity contribution is -0.130. The Morgan fingerprint density at radius 3 is 2.28 bits per heavy atom. The van der Waals surface area contributed by atoms with Crippen LogP contribution in [0.3, 0.4) is 0 Å². The highest BCUT2D eigenvalue weighted by Gasteiger charge is 2.14. The summed E-state index contributed by atoms with van der Waals surface area (Å²) in [6, 6.07) is 8.17. The zero-order valence-electron chi connectivity index (χ0n) is 11.5. The Kier molecular flexibility index (Phi) is 5.63. The molecule has 0 aliphatic heterocycles. The van der Waals surface area contributed by atoms with Gasteiger partial charge in [-0.25, -0.2) is 0 Å². The average Bonchev–Trinajstić information content (AvgIpc) is 2.31. The monoisotopic (exact) mass is 268 g/mol. The highest BCUT2D eigenvalue weighted by Crippen LogP contribution is 2.12. The first-order chi connectivity index (χ1) is 8.40. The fraction of sp³-hybridized carbons (Fsp3) is 0.500. The van der Waals surface area contributed by atoms with Crippen molar-refractivity contribution in [3.63, 3.8) is 0 Å². The molecule has 0 saturated heterocycles. The molecule has 0 heterocycles. The number of likely N-dealkylation sites (N-methyl/N-ethyl adjacent to an activating group) is 2. The van der Waals surface area contributed by atoms with E-state index in [4.69, 9.17) is 11.6 Å². The van der Waals surface area contributed by atoms with Gasteiger partial charge in [-0.05, 0) is 38.1 Å². The van der Waals surface area contributed by atoms with Gasteiger partial charge < -0.3 is 4.90 Å². The normalized spacial score (nSPS) is 12.6. The zero-order valence-corrected chi connectivity index (χ0v) is 12.2. The standard InChI is InChI=1S/C14H21ClN2O/c1-11(17(4)10-14(18)16(2)3)9-12-5-7-13(15)8-6-12/h5-8,11H,9-10H2,1-4H3. The fourth-order valence-corrected chi connectivity index (χ4v) is 1.75. The van der Waals surface area contributed by atoms with Crippen LogP contribution in [0.5, 0.6) is 0 Å². The van der Waals surface area contributed by atoms with Gasteiger partial charge in [-0.15, -0.1) is 0 Å². The average molecular weight is 269 g/mol. The van der Waals surface area contributed by atoms with Crippen molar-refractivity contribution < 1.29 is 4.79 Å². The lowest BCUT2D eigenvalue weighted by atomic mass is 10.1. The van der Waals surface area contributed by atoms with Crippen LogP contribution in [-0.2, 0) is 11.2 Å². The van der Waals surface area contributed by atoms with Crippen LogP contribution in [0.1, 0.15) is 12.5 Å². The van der Waals surface area contributed by atoms with Crippen molar-refractivity contribution in [1.82, 2.24) is 9.80 Å². The zero-order chi connectivity index (χ0) is 13.7. The van der Waals surface area contributed by atoms with Gasteiger partial charge in [0.1, 0.15) is 0 Å². The molecule has 0 fully saturated rings. The van der Waals surface area contributed by atoms with Crippen molar-refractivity contribution in [1.29, 1.82) is 0 Å². The molecule has 3 nitrogen and oxygen atoms in total. The van der Waals surface area contributed by atoms with Crippen molar-refractivity contribution in [3.05, 3.63) is 34.9 Å². The molecule has 100 valence electrons. The van der Waals surface area contributed by atoms with Crippen LogP contribution >= 0.6 is 11.6 Å². The number of amides is 1. The molecule has 0 spiro atoms. The van der Waals surface area contributed by atoms with E-state index in [-0.39, 0.29) is 5.91 Å². The quantitative estimate of drug-likeness (QED) is 0.818. The first-order valence-electron chi connectivity index (χ1n) is 6.05. The van der Waals surface area contributed by atoms with Crippen molar-refractivity contribution in [3.8, 4) is 0 Å². The Bertz CT molecular complexity index is 389. The van der Waals surface area contributed by atoms with E-state index in [0.717, 1.165) is 11.4 Å². The molecular weight excluding hydrogens is 248 g/mol. The number of halogens is 1. The SMILES string of the molecule is CC(Cc1ccc(Cl)cc1)N(C)CC(=O)N(C)C. The molecule has 0 bridgehead atoms. The van der Waals surface area contributed by atoms with E-state index < -0.39 is 0 Å². The van der Waals surface area contributed by atoms with Gasteiger partial charge in [-0.1, -0.05) is 23.7 Å². The van der Waals surface area contributed by atoms with E-state index in [9.17, 15) is 4.79 Å². The maximum Gasteiger partial charge on any atom is 0.236 e. The first-order valence-corrected chi connectivity index (χ1v) is 6.42. The molecule has 0 aliphatic rings. The maximum atomic E-state index is 11.6. The summed E-state index contributed by atoms with van der Waals surface area (Å²) in [5.41, 5.74) is 1.23. The highest BCUT2D eigenvalue weighted by atomic mass is 35.5. The van der Waals surface area contributed by atoms with Crippen LogP contribution in [0.25, 0.3) is 0 Å². The third-order valence-corrected chi connectivity index (χ3v) is 3.33. The molecule has 0 N–H and O–H groups in total. The second kappa shape index (κ2) is 6.76. The van der Waals surface area contributed by atoms with Gasteiger partial charge in [0, 0.05) is 25.2 Å². The topological polar surface area (TPSA) is 23.6 Å². The molecule has 1 amide bonds. The van der Waals surface area contributed by atoms with Crippen LogP contribution in [0.15, 0.2) is 24.3 Å². The molecule has 1 aromatic carbocycles. The van der Waals surface area contributed by atoms with Crippen molar-refractivity contribution in [2.45, 2.75) is 19.4 Å². The number of carbonyl (C=O) groups excluding carboxylic acids is 1. The van der Waals surface area contributed by atoms with Gasteiger partial charge in [-0.3, -0.25) is 9.69 Å². The number of hydrogen-bond acceptors (Lipinski definition) is 2. The van der Waals surface area contributed by atoms with Gasteiger partial charge in [0.15, 0.2) is 0 Å². The van der Waals surface area contributed by atoms with Crippen molar-refractivity contribution in [2.75, 3.05) is 27.7 Å². The summed E-state index contributed by atoms with van der Waals surface area (Å²) in [5.74, 6) is 0.125. The lowest BCUT2D eigenvalue weighted by Crippen LogP contribution is -2.39.